The summed E-state index contributed by atoms with van der Waals surface area (Å²) < 4.78 is 12.8. The molecule has 0 saturated carbocycles. The second-order valence-electron chi connectivity index (χ2n) is 8.11. The summed E-state index contributed by atoms with van der Waals surface area (Å²) in [6, 6.07) is 21.5. The van der Waals surface area contributed by atoms with Crippen LogP contribution in [-0.4, -0.2) is 0 Å². The molecule has 0 spiro atoms. The Kier molecular flexibility index (Phi) is 3.70. The van der Waals surface area contributed by atoms with E-state index in [1.807, 2.05) is 6.07 Å². The van der Waals surface area contributed by atoms with Crippen LogP contribution in [0.25, 0.3) is 11.0 Å². The summed E-state index contributed by atoms with van der Waals surface area (Å²) in [6.07, 6.45) is 4.77. The van der Waals surface area contributed by atoms with Gasteiger partial charge in [0.15, 0.2) is 5.75 Å². The fraction of sp³-hybridized carbons (Fsp3) is 0.231. The minimum Gasteiger partial charge on any atom is -0.483 e. The molecule has 0 amide bonds. The van der Waals surface area contributed by atoms with Crippen LogP contribution in [0.15, 0.2) is 65.1 Å². The number of anilines is 3. The highest BCUT2D eigenvalue weighted by molar-refractivity contribution is 5.95. The number of para-hydroxylation sites is 1. The minimum atomic E-state index is 0.539. The molecular formula is C26H23NO2. The lowest BCUT2D eigenvalue weighted by Crippen LogP contribution is -2.15. The van der Waals surface area contributed by atoms with E-state index in [1.54, 1.807) is 0 Å². The summed E-state index contributed by atoms with van der Waals surface area (Å²) in [6.45, 7) is 2.65. The zero-order chi connectivity index (χ0) is 19.4. The summed E-state index contributed by atoms with van der Waals surface area (Å²) in [7, 11) is 0. The maximum absolute atomic E-state index is 6.44. The Morgan fingerprint density at radius 3 is 2.62 bits per heavy atom. The molecule has 3 heteroatoms. The highest BCUT2D eigenvalue weighted by atomic mass is 16.5. The fourth-order valence-electron chi connectivity index (χ4n) is 4.78. The predicted octanol–water partition coefficient (Wildman–Crippen LogP) is 6.98. The van der Waals surface area contributed by atoms with Gasteiger partial charge in [0.05, 0.1) is 16.8 Å². The van der Waals surface area contributed by atoms with Gasteiger partial charge in [0.25, 0.3) is 0 Å². The van der Waals surface area contributed by atoms with Crippen molar-refractivity contribution in [3.63, 3.8) is 0 Å². The minimum absolute atomic E-state index is 0.539. The van der Waals surface area contributed by atoms with Gasteiger partial charge in [-0.15, -0.1) is 0 Å². The number of nitrogens with zero attached hydrogens (tertiary/aromatic N) is 1. The standard InChI is InChI=1S/C26H23NO2/c1-17-13-14-24-21(15-17)25-26(29-24)27(22-11-5-3-8-19(22)16-28-25)23-12-6-9-18-7-2-4-10-20(18)23/h3,5-6,8-9,11-15H,2,4,7,10,16H2,1H3. The Bertz CT molecular complexity index is 1240. The molecule has 0 fully saturated rings. The first-order valence-corrected chi connectivity index (χ1v) is 10.4. The SMILES string of the molecule is Cc1ccc2oc3c(c2c1)OCc1ccccc1N3c1cccc2c1CCCC2. The molecule has 0 bridgehead atoms. The summed E-state index contributed by atoms with van der Waals surface area (Å²) in [5.41, 5.74) is 8.51. The Labute approximate surface area is 170 Å². The number of aryl methyl sites for hydroxylation is 2. The van der Waals surface area contributed by atoms with E-state index in [9.17, 15) is 0 Å². The van der Waals surface area contributed by atoms with E-state index in [2.05, 4.69) is 66.4 Å². The maximum Gasteiger partial charge on any atom is 0.248 e. The van der Waals surface area contributed by atoms with Crippen LogP contribution in [0.4, 0.5) is 17.3 Å². The van der Waals surface area contributed by atoms with Gasteiger partial charge < -0.3 is 9.15 Å². The second-order valence-corrected chi connectivity index (χ2v) is 8.11. The Hall–Kier alpha value is -3.20. The Morgan fingerprint density at radius 1 is 0.828 bits per heavy atom. The lowest BCUT2D eigenvalue weighted by Gasteiger charge is -2.28. The number of hydrogen-bond acceptors (Lipinski definition) is 3. The zero-order valence-electron chi connectivity index (χ0n) is 16.6. The van der Waals surface area contributed by atoms with Crippen molar-refractivity contribution in [3.05, 3.63) is 82.9 Å². The molecule has 4 aromatic rings. The lowest BCUT2D eigenvalue weighted by molar-refractivity contribution is 0.311. The molecule has 29 heavy (non-hydrogen) atoms. The third-order valence-corrected chi connectivity index (χ3v) is 6.20. The molecule has 1 aliphatic carbocycles. The number of fused-ring (bicyclic) bond motifs is 5. The van der Waals surface area contributed by atoms with E-state index in [0.717, 1.165) is 41.1 Å². The van der Waals surface area contributed by atoms with Crippen molar-refractivity contribution in [2.24, 2.45) is 0 Å². The molecule has 1 aromatic heterocycles. The molecule has 0 unspecified atom stereocenters. The highest BCUT2D eigenvalue weighted by Crippen LogP contribution is 2.50. The molecule has 0 N–H and O–H groups in total. The van der Waals surface area contributed by atoms with E-state index < -0.39 is 0 Å². The smallest absolute Gasteiger partial charge is 0.248 e. The summed E-state index contributed by atoms with van der Waals surface area (Å²) in [4.78, 5) is 2.29. The van der Waals surface area contributed by atoms with Crippen LogP contribution in [0.2, 0.25) is 0 Å². The highest BCUT2D eigenvalue weighted by Gasteiger charge is 2.31. The van der Waals surface area contributed by atoms with Gasteiger partial charge >= 0.3 is 0 Å². The molecule has 0 saturated heterocycles. The normalized spacial score (nSPS) is 15.3. The van der Waals surface area contributed by atoms with Crippen molar-refractivity contribution in [2.75, 3.05) is 4.90 Å². The van der Waals surface area contributed by atoms with Gasteiger partial charge in [-0.2, -0.15) is 0 Å². The van der Waals surface area contributed by atoms with Crippen LogP contribution in [-0.2, 0) is 19.4 Å². The first-order valence-electron chi connectivity index (χ1n) is 10.4. The van der Waals surface area contributed by atoms with Gasteiger partial charge in [0.2, 0.25) is 5.88 Å². The first-order chi connectivity index (χ1) is 14.3. The molecular weight excluding hydrogens is 358 g/mol. The van der Waals surface area contributed by atoms with Crippen molar-refractivity contribution in [3.8, 4) is 5.75 Å². The van der Waals surface area contributed by atoms with Gasteiger partial charge in [-0.3, -0.25) is 4.90 Å². The Morgan fingerprint density at radius 2 is 1.66 bits per heavy atom. The van der Waals surface area contributed by atoms with Crippen molar-refractivity contribution >= 4 is 28.2 Å². The zero-order valence-corrected chi connectivity index (χ0v) is 16.6. The van der Waals surface area contributed by atoms with E-state index in [4.69, 9.17) is 9.15 Å². The van der Waals surface area contributed by atoms with Crippen LogP contribution >= 0.6 is 0 Å². The quantitative estimate of drug-likeness (QED) is 0.355. The van der Waals surface area contributed by atoms with Gasteiger partial charge in [-0.1, -0.05) is 42.0 Å². The molecule has 6 rings (SSSR count). The molecule has 2 heterocycles. The van der Waals surface area contributed by atoms with Gasteiger partial charge in [-0.25, -0.2) is 0 Å². The van der Waals surface area contributed by atoms with Crippen molar-refractivity contribution in [2.45, 2.75) is 39.2 Å². The first kappa shape index (κ1) is 16.7. The molecule has 3 aromatic carbocycles. The van der Waals surface area contributed by atoms with Crippen LogP contribution in [0.5, 0.6) is 5.75 Å². The lowest BCUT2D eigenvalue weighted by atomic mass is 9.90. The molecule has 3 nitrogen and oxygen atoms in total. The van der Waals surface area contributed by atoms with Crippen molar-refractivity contribution in [1.29, 1.82) is 0 Å². The second kappa shape index (κ2) is 6.41. The number of furan rings is 1. The van der Waals surface area contributed by atoms with Gasteiger partial charge in [-0.05, 0) is 68.0 Å². The molecule has 1 aliphatic heterocycles. The average molecular weight is 381 g/mol. The van der Waals surface area contributed by atoms with Crippen molar-refractivity contribution < 1.29 is 9.15 Å². The van der Waals surface area contributed by atoms with E-state index in [1.165, 1.54) is 40.8 Å². The fourth-order valence-corrected chi connectivity index (χ4v) is 4.78. The van der Waals surface area contributed by atoms with Crippen LogP contribution in [0.3, 0.4) is 0 Å². The summed E-state index contributed by atoms with van der Waals surface area (Å²) in [5, 5.41) is 1.04. The average Bonchev–Trinajstić information content (AvgIpc) is 3.02. The molecule has 0 atom stereocenters. The topological polar surface area (TPSA) is 25.6 Å². The van der Waals surface area contributed by atoms with E-state index in [0.29, 0.717) is 6.61 Å². The van der Waals surface area contributed by atoms with Crippen molar-refractivity contribution in [1.82, 2.24) is 0 Å². The monoisotopic (exact) mass is 381 g/mol. The van der Waals surface area contributed by atoms with E-state index in [-0.39, 0.29) is 0 Å². The number of benzene rings is 3. The summed E-state index contributed by atoms with van der Waals surface area (Å²) >= 11 is 0. The Balaban J connectivity index is 1.66. The predicted molar refractivity (Wildman–Crippen MR) is 117 cm³/mol. The third kappa shape index (κ3) is 2.57. The maximum atomic E-state index is 6.44. The van der Waals surface area contributed by atoms with Gasteiger partial charge in [0.1, 0.15) is 12.2 Å². The number of hydrogen-bond donors (Lipinski definition) is 0. The molecule has 2 aliphatic rings. The number of ether oxygens (including phenoxy) is 1. The van der Waals surface area contributed by atoms with E-state index >= 15 is 0 Å². The largest absolute Gasteiger partial charge is 0.483 e. The molecule has 144 valence electrons. The summed E-state index contributed by atoms with van der Waals surface area (Å²) in [5.74, 6) is 1.63. The van der Waals surface area contributed by atoms with Crippen LogP contribution in [0.1, 0.15) is 35.1 Å². The van der Waals surface area contributed by atoms with Crippen LogP contribution in [0, 0.1) is 6.92 Å². The number of rotatable bonds is 1. The molecule has 0 radical (unpaired) electrons. The van der Waals surface area contributed by atoms with Crippen LogP contribution < -0.4 is 9.64 Å². The van der Waals surface area contributed by atoms with Gasteiger partial charge in [0, 0.05) is 5.56 Å². The third-order valence-electron chi connectivity index (χ3n) is 6.20.